The van der Waals surface area contributed by atoms with Crippen LogP contribution in [0.5, 0.6) is 0 Å². The molecule has 3 amide bonds. The normalized spacial score (nSPS) is 19.5. The van der Waals surface area contributed by atoms with Gasteiger partial charge in [0.15, 0.2) is 4.67 Å². The third-order valence-electron chi connectivity index (χ3n) is 2.55. The maximum atomic E-state index is 11.6. The molecule has 0 saturated carbocycles. The van der Waals surface area contributed by atoms with Crippen LogP contribution in [0.4, 0.5) is 0 Å². The molecule has 0 aliphatic carbocycles. The number of amides is 3. The predicted molar refractivity (Wildman–Crippen MR) is 69.8 cm³/mol. The van der Waals surface area contributed by atoms with Gasteiger partial charge in [-0.2, -0.15) is 0 Å². The third kappa shape index (κ3) is 3.78. The van der Waals surface area contributed by atoms with Crippen LogP contribution in [-0.4, -0.2) is 23.8 Å². The molecule has 7 heteroatoms. The van der Waals surface area contributed by atoms with Crippen LogP contribution in [0.3, 0.4) is 0 Å². The second kappa shape index (κ2) is 5.83. The molecule has 1 atom stereocenters. The standard InChI is InChI=1S/C12H11BrN2O4/c13-9-4-1-7(19-9)2-5-10(16)14-8-3-6-11(17)15-12(8)18/h1-2,4-5,8H,3,6H2,(H,14,16)(H,15,17,18). The van der Waals surface area contributed by atoms with Crippen LogP contribution in [0.25, 0.3) is 6.08 Å². The summed E-state index contributed by atoms with van der Waals surface area (Å²) in [7, 11) is 0. The van der Waals surface area contributed by atoms with Crippen LogP contribution in [0.1, 0.15) is 18.6 Å². The number of carbonyl (C=O) groups excluding carboxylic acids is 3. The maximum Gasteiger partial charge on any atom is 0.249 e. The molecule has 1 saturated heterocycles. The predicted octanol–water partition coefficient (Wildman–Crippen LogP) is 0.977. The van der Waals surface area contributed by atoms with E-state index in [0.29, 0.717) is 16.9 Å². The zero-order valence-electron chi connectivity index (χ0n) is 9.81. The summed E-state index contributed by atoms with van der Waals surface area (Å²) in [6.45, 7) is 0. The third-order valence-corrected chi connectivity index (χ3v) is 2.97. The van der Waals surface area contributed by atoms with Crippen molar-refractivity contribution in [2.75, 3.05) is 0 Å². The van der Waals surface area contributed by atoms with E-state index in [0.717, 1.165) is 0 Å². The van der Waals surface area contributed by atoms with Crippen molar-refractivity contribution in [1.29, 1.82) is 0 Å². The Kier molecular flexibility index (Phi) is 4.16. The van der Waals surface area contributed by atoms with Crippen molar-refractivity contribution in [2.45, 2.75) is 18.9 Å². The topological polar surface area (TPSA) is 88.4 Å². The Morgan fingerprint density at radius 3 is 2.89 bits per heavy atom. The Morgan fingerprint density at radius 1 is 1.47 bits per heavy atom. The van der Waals surface area contributed by atoms with Crippen molar-refractivity contribution < 1.29 is 18.8 Å². The quantitative estimate of drug-likeness (QED) is 0.640. The Morgan fingerprint density at radius 2 is 2.26 bits per heavy atom. The highest BCUT2D eigenvalue weighted by Gasteiger charge is 2.27. The maximum absolute atomic E-state index is 11.6. The molecule has 1 unspecified atom stereocenters. The summed E-state index contributed by atoms with van der Waals surface area (Å²) >= 11 is 3.15. The van der Waals surface area contributed by atoms with Gasteiger partial charge >= 0.3 is 0 Å². The van der Waals surface area contributed by atoms with Gasteiger partial charge in [-0.15, -0.1) is 0 Å². The SMILES string of the molecule is O=C(C=Cc1ccc(Br)o1)NC1CCC(=O)NC1=O. The second-order valence-corrected chi connectivity index (χ2v) is 4.77. The van der Waals surface area contributed by atoms with Crippen molar-refractivity contribution in [3.8, 4) is 0 Å². The molecule has 1 aliphatic rings. The lowest BCUT2D eigenvalue weighted by molar-refractivity contribution is -0.136. The van der Waals surface area contributed by atoms with E-state index < -0.39 is 17.9 Å². The van der Waals surface area contributed by atoms with E-state index in [1.54, 1.807) is 12.1 Å². The van der Waals surface area contributed by atoms with Gasteiger partial charge in [-0.05, 0) is 40.6 Å². The smallest absolute Gasteiger partial charge is 0.249 e. The van der Waals surface area contributed by atoms with E-state index in [-0.39, 0.29) is 12.3 Å². The van der Waals surface area contributed by atoms with Crippen LogP contribution in [0.15, 0.2) is 27.3 Å². The van der Waals surface area contributed by atoms with E-state index in [1.807, 2.05) is 0 Å². The van der Waals surface area contributed by atoms with E-state index in [1.165, 1.54) is 12.2 Å². The average Bonchev–Trinajstić information content (AvgIpc) is 2.76. The van der Waals surface area contributed by atoms with E-state index >= 15 is 0 Å². The summed E-state index contributed by atoms with van der Waals surface area (Å²) in [6.07, 6.45) is 3.31. The monoisotopic (exact) mass is 326 g/mol. The van der Waals surface area contributed by atoms with Crippen LogP contribution in [-0.2, 0) is 14.4 Å². The van der Waals surface area contributed by atoms with Gasteiger partial charge in [-0.1, -0.05) is 0 Å². The molecule has 0 spiro atoms. The Bertz CT molecular complexity index is 550. The number of carbonyl (C=O) groups is 3. The Hall–Kier alpha value is -1.89. The van der Waals surface area contributed by atoms with Gasteiger partial charge in [-0.3, -0.25) is 19.7 Å². The molecule has 2 N–H and O–H groups in total. The number of piperidine rings is 1. The zero-order chi connectivity index (χ0) is 13.8. The van der Waals surface area contributed by atoms with Gasteiger partial charge in [-0.25, -0.2) is 0 Å². The molecule has 0 bridgehead atoms. The number of furan rings is 1. The highest BCUT2D eigenvalue weighted by atomic mass is 79.9. The minimum atomic E-state index is -0.668. The summed E-state index contributed by atoms with van der Waals surface area (Å²) in [6, 6.07) is 2.73. The highest BCUT2D eigenvalue weighted by molar-refractivity contribution is 9.10. The minimum Gasteiger partial charge on any atom is -0.450 e. The lowest BCUT2D eigenvalue weighted by Crippen LogP contribution is -2.51. The van der Waals surface area contributed by atoms with Gasteiger partial charge in [0.2, 0.25) is 17.7 Å². The summed E-state index contributed by atoms with van der Waals surface area (Å²) in [5, 5.41) is 4.69. The fourth-order valence-electron chi connectivity index (χ4n) is 1.63. The lowest BCUT2D eigenvalue weighted by Gasteiger charge is -2.20. The first-order valence-electron chi connectivity index (χ1n) is 5.62. The Balaban J connectivity index is 1.89. The average molecular weight is 327 g/mol. The molecule has 100 valence electrons. The number of nitrogens with one attached hydrogen (secondary N) is 2. The first kappa shape index (κ1) is 13.5. The molecule has 6 nitrogen and oxygen atoms in total. The van der Waals surface area contributed by atoms with Crippen molar-refractivity contribution in [3.05, 3.63) is 28.6 Å². The molecule has 0 radical (unpaired) electrons. The lowest BCUT2D eigenvalue weighted by atomic mass is 10.1. The van der Waals surface area contributed by atoms with Gasteiger partial charge in [0.05, 0.1) is 0 Å². The molecule has 1 aromatic rings. The molecular weight excluding hydrogens is 316 g/mol. The van der Waals surface area contributed by atoms with Crippen LogP contribution < -0.4 is 10.6 Å². The molecular formula is C12H11BrN2O4. The van der Waals surface area contributed by atoms with Gasteiger partial charge in [0.25, 0.3) is 0 Å². The molecule has 1 aromatic heterocycles. The minimum absolute atomic E-state index is 0.228. The summed E-state index contributed by atoms with van der Waals surface area (Å²) < 4.78 is 5.75. The van der Waals surface area contributed by atoms with Crippen molar-refractivity contribution in [1.82, 2.24) is 10.6 Å². The molecule has 1 aliphatic heterocycles. The van der Waals surface area contributed by atoms with Crippen LogP contribution in [0.2, 0.25) is 0 Å². The van der Waals surface area contributed by atoms with Crippen molar-refractivity contribution >= 4 is 39.7 Å². The molecule has 1 fully saturated rings. The van der Waals surface area contributed by atoms with E-state index in [9.17, 15) is 14.4 Å². The zero-order valence-corrected chi connectivity index (χ0v) is 11.4. The number of rotatable bonds is 3. The summed E-state index contributed by atoms with van der Waals surface area (Å²) in [5.41, 5.74) is 0. The fourth-order valence-corrected chi connectivity index (χ4v) is 1.95. The van der Waals surface area contributed by atoms with Crippen molar-refractivity contribution in [3.63, 3.8) is 0 Å². The number of imide groups is 1. The van der Waals surface area contributed by atoms with Gasteiger partial charge in [0, 0.05) is 12.5 Å². The molecule has 19 heavy (non-hydrogen) atoms. The van der Waals surface area contributed by atoms with Crippen LogP contribution in [0, 0.1) is 0 Å². The van der Waals surface area contributed by atoms with Crippen molar-refractivity contribution in [2.24, 2.45) is 0 Å². The first-order chi connectivity index (χ1) is 9.04. The second-order valence-electron chi connectivity index (χ2n) is 3.99. The highest BCUT2D eigenvalue weighted by Crippen LogP contribution is 2.15. The molecule has 2 heterocycles. The fraction of sp³-hybridized carbons (Fsp3) is 0.250. The van der Waals surface area contributed by atoms with E-state index in [2.05, 4.69) is 26.6 Å². The molecule has 0 aromatic carbocycles. The Labute approximate surface area is 117 Å². The number of halogens is 1. The largest absolute Gasteiger partial charge is 0.450 e. The summed E-state index contributed by atoms with van der Waals surface area (Å²) in [5.74, 6) is -0.683. The van der Waals surface area contributed by atoms with Crippen LogP contribution >= 0.6 is 15.9 Å². The number of hydrogen-bond donors (Lipinski definition) is 2. The molecule has 2 rings (SSSR count). The van der Waals surface area contributed by atoms with Gasteiger partial charge in [0.1, 0.15) is 11.8 Å². The summed E-state index contributed by atoms with van der Waals surface area (Å²) in [4.78, 5) is 34.0. The number of hydrogen-bond acceptors (Lipinski definition) is 4. The van der Waals surface area contributed by atoms with E-state index in [4.69, 9.17) is 4.42 Å². The first-order valence-corrected chi connectivity index (χ1v) is 6.41. The van der Waals surface area contributed by atoms with Gasteiger partial charge < -0.3 is 9.73 Å².